The Bertz CT molecular complexity index is 642. The lowest BCUT2D eigenvalue weighted by molar-refractivity contribution is 0.401. The fourth-order valence-electron chi connectivity index (χ4n) is 3.06. The van der Waals surface area contributed by atoms with Gasteiger partial charge in [-0.25, -0.2) is 0 Å². The number of hydrogen-bond donors (Lipinski definition) is 2. The second-order valence-corrected chi connectivity index (χ2v) is 6.01. The van der Waals surface area contributed by atoms with Gasteiger partial charge in [0.05, 0.1) is 7.11 Å². The first-order valence-electron chi connectivity index (χ1n) is 7.62. The first-order chi connectivity index (χ1) is 10.8. The molecule has 2 aromatic rings. The molecule has 3 rings (SSSR count). The zero-order chi connectivity index (χ0) is 15.4. The van der Waals surface area contributed by atoms with Gasteiger partial charge in [0, 0.05) is 29.2 Å². The highest BCUT2D eigenvalue weighted by Gasteiger charge is 2.27. The Labute approximate surface area is 169 Å². The number of para-hydroxylation sites is 1. The van der Waals surface area contributed by atoms with E-state index in [9.17, 15) is 0 Å². The molecule has 1 fully saturated rings. The predicted octanol–water partition coefficient (Wildman–Crippen LogP) is 4.70. The number of methoxy groups -OCH3 is 1. The van der Waals surface area contributed by atoms with Crippen LogP contribution in [0.1, 0.15) is 23.6 Å². The third-order valence-electron chi connectivity index (χ3n) is 4.18. The summed E-state index contributed by atoms with van der Waals surface area (Å²) in [6.45, 7) is 1.81. The number of nitrogens with one attached hydrogen (secondary N) is 2. The molecule has 132 valence electrons. The van der Waals surface area contributed by atoms with E-state index in [0.717, 1.165) is 30.3 Å². The van der Waals surface area contributed by atoms with E-state index in [1.807, 2.05) is 36.4 Å². The third kappa shape index (κ3) is 5.20. The molecule has 0 aromatic heterocycles. The zero-order valence-corrected chi connectivity index (χ0v) is 17.7. The number of halogens is 3. The van der Waals surface area contributed by atoms with Crippen molar-refractivity contribution in [3.8, 4) is 5.75 Å². The van der Waals surface area contributed by atoms with Gasteiger partial charge in [-0.1, -0.05) is 41.9 Å². The fourth-order valence-corrected chi connectivity index (χ4v) is 3.26. The molecular formula is C18H23Br2ClN2O. The van der Waals surface area contributed by atoms with E-state index < -0.39 is 0 Å². The van der Waals surface area contributed by atoms with Gasteiger partial charge in [0.25, 0.3) is 0 Å². The van der Waals surface area contributed by atoms with Crippen LogP contribution in [-0.2, 0) is 6.54 Å². The van der Waals surface area contributed by atoms with Gasteiger partial charge in [0.1, 0.15) is 5.75 Å². The molecule has 24 heavy (non-hydrogen) atoms. The Morgan fingerprint density at radius 3 is 2.71 bits per heavy atom. The van der Waals surface area contributed by atoms with Crippen molar-refractivity contribution in [1.29, 1.82) is 0 Å². The van der Waals surface area contributed by atoms with E-state index in [-0.39, 0.29) is 34.0 Å². The maximum absolute atomic E-state index is 6.12. The summed E-state index contributed by atoms with van der Waals surface area (Å²) < 4.78 is 5.41. The topological polar surface area (TPSA) is 33.3 Å². The van der Waals surface area contributed by atoms with Crippen molar-refractivity contribution in [2.24, 2.45) is 0 Å². The van der Waals surface area contributed by atoms with Crippen LogP contribution in [0.15, 0.2) is 48.5 Å². The number of benzene rings is 2. The molecule has 2 N–H and O–H groups in total. The molecule has 6 heteroatoms. The first-order valence-corrected chi connectivity index (χ1v) is 8.00. The van der Waals surface area contributed by atoms with Crippen molar-refractivity contribution in [3.05, 3.63) is 64.7 Å². The molecular weight excluding hydrogens is 455 g/mol. The maximum atomic E-state index is 6.12. The van der Waals surface area contributed by atoms with Gasteiger partial charge in [-0.3, -0.25) is 0 Å². The van der Waals surface area contributed by atoms with Gasteiger partial charge < -0.3 is 15.4 Å². The number of ether oxygens (including phenoxy) is 1. The molecule has 2 atom stereocenters. The molecule has 1 aliphatic heterocycles. The van der Waals surface area contributed by atoms with E-state index in [0.29, 0.717) is 12.1 Å². The van der Waals surface area contributed by atoms with Crippen LogP contribution in [0.25, 0.3) is 0 Å². The van der Waals surface area contributed by atoms with Gasteiger partial charge in [-0.05, 0) is 36.7 Å². The van der Waals surface area contributed by atoms with Crippen LogP contribution in [-0.4, -0.2) is 19.7 Å². The Hall–Kier alpha value is -0.590. The summed E-state index contributed by atoms with van der Waals surface area (Å²) in [4.78, 5) is 0. The molecule has 0 bridgehead atoms. The monoisotopic (exact) mass is 476 g/mol. The van der Waals surface area contributed by atoms with Crippen molar-refractivity contribution in [2.75, 3.05) is 13.7 Å². The average Bonchev–Trinajstić information content (AvgIpc) is 3.01. The molecule has 3 nitrogen and oxygen atoms in total. The lowest BCUT2D eigenvalue weighted by atomic mass is 10.0. The molecule has 0 aliphatic carbocycles. The van der Waals surface area contributed by atoms with Crippen LogP contribution in [0, 0.1) is 0 Å². The van der Waals surface area contributed by atoms with Gasteiger partial charge in [0.2, 0.25) is 0 Å². The molecule has 0 amide bonds. The molecule has 0 spiro atoms. The van der Waals surface area contributed by atoms with Crippen molar-refractivity contribution >= 4 is 45.6 Å². The van der Waals surface area contributed by atoms with E-state index in [2.05, 4.69) is 22.8 Å². The summed E-state index contributed by atoms with van der Waals surface area (Å²) in [5.74, 6) is 0.931. The summed E-state index contributed by atoms with van der Waals surface area (Å²) in [5.41, 5.74) is 2.42. The van der Waals surface area contributed by atoms with E-state index in [4.69, 9.17) is 16.3 Å². The standard InChI is InChI=1S/C18H21ClN2O.2BrH/c1-22-17-8-3-2-5-14(17)12-21-16-9-10-20-18(16)13-6-4-7-15(19)11-13;;/h2-8,11,16,18,20-21H,9-10,12H2,1H3;2*1H. The summed E-state index contributed by atoms with van der Waals surface area (Å²) in [5, 5.41) is 8.00. The molecule has 1 aliphatic rings. The lowest BCUT2D eigenvalue weighted by Gasteiger charge is -2.22. The normalized spacial score (nSPS) is 19.2. The fraction of sp³-hybridized carbons (Fsp3) is 0.333. The minimum absolute atomic E-state index is 0. The van der Waals surface area contributed by atoms with Crippen LogP contribution >= 0.6 is 45.6 Å². The Morgan fingerprint density at radius 1 is 1.17 bits per heavy atom. The second kappa shape index (κ2) is 10.4. The van der Waals surface area contributed by atoms with Crippen LogP contribution in [0.2, 0.25) is 5.02 Å². The van der Waals surface area contributed by atoms with Crippen molar-refractivity contribution in [2.45, 2.75) is 25.0 Å². The summed E-state index contributed by atoms with van der Waals surface area (Å²) in [6, 6.07) is 16.9. The second-order valence-electron chi connectivity index (χ2n) is 5.57. The quantitative estimate of drug-likeness (QED) is 0.654. The zero-order valence-electron chi connectivity index (χ0n) is 13.5. The highest BCUT2D eigenvalue weighted by atomic mass is 79.9. The minimum atomic E-state index is 0. The molecule has 1 heterocycles. The summed E-state index contributed by atoms with van der Waals surface area (Å²) >= 11 is 6.12. The Balaban J connectivity index is 0.00000144. The van der Waals surface area contributed by atoms with Gasteiger partial charge in [-0.15, -0.1) is 34.0 Å². The first kappa shape index (κ1) is 21.5. The number of rotatable bonds is 5. The summed E-state index contributed by atoms with van der Waals surface area (Å²) in [7, 11) is 1.71. The highest BCUT2D eigenvalue weighted by Crippen LogP contribution is 2.26. The van der Waals surface area contributed by atoms with Crippen LogP contribution in [0.5, 0.6) is 5.75 Å². The van der Waals surface area contributed by atoms with E-state index in [1.54, 1.807) is 7.11 Å². The van der Waals surface area contributed by atoms with Crippen LogP contribution in [0.4, 0.5) is 0 Å². The van der Waals surface area contributed by atoms with E-state index in [1.165, 1.54) is 11.1 Å². The predicted molar refractivity (Wildman–Crippen MR) is 111 cm³/mol. The number of hydrogen-bond acceptors (Lipinski definition) is 3. The average molecular weight is 479 g/mol. The van der Waals surface area contributed by atoms with Crippen molar-refractivity contribution in [1.82, 2.24) is 10.6 Å². The summed E-state index contributed by atoms with van der Waals surface area (Å²) in [6.07, 6.45) is 1.10. The van der Waals surface area contributed by atoms with Gasteiger partial charge in [0.15, 0.2) is 0 Å². The lowest BCUT2D eigenvalue weighted by Crippen LogP contribution is -2.34. The van der Waals surface area contributed by atoms with Gasteiger partial charge >= 0.3 is 0 Å². The largest absolute Gasteiger partial charge is 0.496 e. The molecule has 1 saturated heterocycles. The SMILES string of the molecule is Br.Br.COc1ccccc1CNC1CCNC1c1cccc(Cl)c1. The van der Waals surface area contributed by atoms with Crippen molar-refractivity contribution in [3.63, 3.8) is 0 Å². The molecule has 2 aromatic carbocycles. The third-order valence-corrected chi connectivity index (χ3v) is 4.41. The Kier molecular flexibility index (Phi) is 9.31. The minimum Gasteiger partial charge on any atom is -0.496 e. The molecule has 0 radical (unpaired) electrons. The smallest absolute Gasteiger partial charge is 0.123 e. The van der Waals surface area contributed by atoms with E-state index >= 15 is 0 Å². The Morgan fingerprint density at radius 2 is 1.96 bits per heavy atom. The van der Waals surface area contributed by atoms with Crippen LogP contribution < -0.4 is 15.4 Å². The van der Waals surface area contributed by atoms with Crippen LogP contribution in [0.3, 0.4) is 0 Å². The molecule has 0 saturated carbocycles. The van der Waals surface area contributed by atoms with Crippen molar-refractivity contribution < 1.29 is 4.74 Å². The highest BCUT2D eigenvalue weighted by molar-refractivity contribution is 8.93. The van der Waals surface area contributed by atoms with Gasteiger partial charge in [-0.2, -0.15) is 0 Å². The maximum Gasteiger partial charge on any atom is 0.123 e. The molecule has 2 unspecified atom stereocenters.